The van der Waals surface area contributed by atoms with Crippen molar-refractivity contribution in [1.82, 2.24) is 5.32 Å². The first-order chi connectivity index (χ1) is 6.33. The monoisotopic (exact) mass is 205 g/mol. The molecule has 0 aromatic carbocycles. The predicted octanol–water partition coefficient (Wildman–Crippen LogP) is 2.16. The van der Waals surface area contributed by atoms with Gasteiger partial charge in [-0.3, -0.25) is 0 Å². The van der Waals surface area contributed by atoms with Gasteiger partial charge in [-0.2, -0.15) is 0 Å². The fourth-order valence-electron chi connectivity index (χ4n) is 1.63. The Morgan fingerprint density at radius 3 is 2.69 bits per heavy atom. The number of hydrogen-bond acceptors (Lipinski definition) is 2. The van der Waals surface area contributed by atoms with Gasteiger partial charge < -0.3 is 10.1 Å². The average Bonchev–Trinajstić information content (AvgIpc) is 2.09. The summed E-state index contributed by atoms with van der Waals surface area (Å²) >= 11 is 5.91. The summed E-state index contributed by atoms with van der Waals surface area (Å²) in [4.78, 5) is 0. The van der Waals surface area contributed by atoms with Crippen LogP contribution in [0.15, 0.2) is 0 Å². The average molecular weight is 206 g/mol. The molecule has 2 nitrogen and oxygen atoms in total. The van der Waals surface area contributed by atoms with Gasteiger partial charge in [0.05, 0.1) is 0 Å². The van der Waals surface area contributed by atoms with E-state index in [9.17, 15) is 0 Å². The summed E-state index contributed by atoms with van der Waals surface area (Å²) in [6.07, 6.45) is 4.90. The van der Waals surface area contributed by atoms with E-state index >= 15 is 0 Å². The van der Waals surface area contributed by atoms with Crippen molar-refractivity contribution < 1.29 is 4.74 Å². The quantitative estimate of drug-likeness (QED) is 0.508. The van der Waals surface area contributed by atoms with Gasteiger partial charge in [0.1, 0.15) is 0 Å². The number of ether oxygens (including phenoxy) is 1. The normalized spacial score (nSPS) is 19.8. The smallest absolute Gasteiger partial charge is 0.0477 e. The molecule has 0 atom stereocenters. The third-order valence-electron chi connectivity index (χ3n) is 2.74. The van der Waals surface area contributed by atoms with Crippen molar-refractivity contribution in [2.75, 3.05) is 25.6 Å². The molecule has 0 radical (unpaired) electrons. The van der Waals surface area contributed by atoms with Crippen molar-refractivity contribution in [2.45, 2.75) is 38.1 Å². The SMILES string of the molecule is CCOCCCNC1(CCl)CCC1. The minimum absolute atomic E-state index is 0.272. The highest BCUT2D eigenvalue weighted by Crippen LogP contribution is 2.32. The van der Waals surface area contributed by atoms with Crippen LogP contribution in [-0.4, -0.2) is 31.2 Å². The lowest BCUT2D eigenvalue weighted by Gasteiger charge is -2.41. The topological polar surface area (TPSA) is 21.3 Å². The highest BCUT2D eigenvalue weighted by atomic mass is 35.5. The second kappa shape index (κ2) is 5.84. The summed E-state index contributed by atoms with van der Waals surface area (Å²) in [5, 5.41) is 3.53. The maximum atomic E-state index is 5.91. The summed E-state index contributed by atoms with van der Waals surface area (Å²) in [7, 11) is 0. The third kappa shape index (κ3) is 3.45. The first-order valence-corrected chi connectivity index (χ1v) is 5.75. The highest BCUT2D eigenvalue weighted by Gasteiger charge is 2.34. The minimum atomic E-state index is 0.272. The Hall–Kier alpha value is 0.210. The van der Waals surface area contributed by atoms with Gasteiger partial charge in [-0.1, -0.05) is 0 Å². The van der Waals surface area contributed by atoms with Crippen LogP contribution in [0.25, 0.3) is 0 Å². The lowest BCUT2D eigenvalue weighted by molar-refractivity contribution is 0.137. The zero-order valence-electron chi connectivity index (χ0n) is 8.44. The predicted molar refractivity (Wildman–Crippen MR) is 56.4 cm³/mol. The molecule has 0 saturated heterocycles. The second-order valence-electron chi connectivity index (χ2n) is 3.74. The fourth-order valence-corrected chi connectivity index (χ4v) is 2.00. The molecule has 0 unspecified atom stereocenters. The van der Waals surface area contributed by atoms with E-state index in [1.165, 1.54) is 19.3 Å². The molecule has 0 aliphatic heterocycles. The summed E-state index contributed by atoms with van der Waals surface area (Å²) < 4.78 is 5.26. The molecule has 1 saturated carbocycles. The second-order valence-corrected chi connectivity index (χ2v) is 4.01. The molecule has 78 valence electrons. The van der Waals surface area contributed by atoms with E-state index in [1.54, 1.807) is 0 Å². The van der Waals surface area contributed by atoms with Gasteiger partial charge in [-0.05, 0) is 39.2 Å². The van der Waals surface area contributed by atoms with Gasteiger partial charge in [0.15, 0.2) is 0 Å². The van der Waals surface area contributed by atoms with Crippen LogP contribution in [-0.2, 0) is 4.74 Å². The van der Waals surface area contributed by atoms with Crippen LogP contribution in [0.3, 0.4) is 0 Å². The standard InChI is InChI=1S/C10H20ClNO/c1-2-13-8-4-7-12-10(9-11)5-3-6-10/h12H,2-9H2,1H3. The number of rotatable bonds is 7. The molecule has 0 bridgehead atoms. The molecule has 3 heteroatoms. The van der Waals surface area contributed by atoms with Crippen LogP contribution < -0.4 is 5.32 Å². The van der Waals surface area contributed by atoms with Gasteiger partial charge in [-0.25, -0.2) is 0 Å². The van der Waals surface area contributed by atoms with E-state index in [1.807, 2.05) is 6.92 Å². The van der Waals surface area contributed by atoms with E-state index in [2.05, 4.69) is 5.32 Å². The Morgan fingerprint density at radius 1 is 1.46 bits per heavy atom. The summed E-state index contributed by atoms with van der Waals surface area (Å²) in [5.41, 5.74) is 0.272. The Kier molecular flexibility index (Phi) is 5.07. The Balaban J connectivity index is 1.98. The molecule has 1 aliphatic carbocycles. The lowest BCUT2D eigenvalue weighted by Crippen LogP contribution is -2.52. The van der Waals surface area contributed by atoms with Gasteiger partial charge in [-0.15, -0.1) is 11.6 Å². The van der Waals surface area contributed by atoms with Crippen LogP contribution >= 0.6 is 11.6 Å². The molecule has 0 heterocycles. The maximum Gasteiger partial charge on any atom is 0.0477 e. The number of halogens is 1. The third-order valence-corrected chi connectivity index (χ3v) is 3.25. The van der Waals surface area contributed by atoms with Crippen LogP contribution in [0, 0.1) is 0 Å². The lowest BCUT2D eigenvalue weighted by atomic mass is 9.78. The number of hydrogen-bond donors (Lipinski definition) is 1. The first kappa shape index (κ1) is 11.3. The zero-order valence-corrected chi connectivity index (χ0v) is 9.20. The van der Waals surface area contributed by atoms with Crippen molar-refractivity contribution in [1.29, 1.82) is 0 Å². The molecule has 0 aromatic rings. The van der Waals surface area contributed by atoms with Crippen LogP contribution in [0.5, 0.6) is 0 Å². The van der Waals surface area contributed by atoms with Crippen LogP contribution in [0.4, 0.5) is 0 Å². The molecular weight excluding hydrogens is 186 g/mol. The van der Waals surface area contributed by atoms with Crippen molar-refractivity contribution in [2.24, 2.45) is 0 Å². The maximum absolute atomic E-state index is 5.91. The van der Waals surface area contributed by atoms with Gasteiger partial charge in [0, 0.05) is 24.6 Å². The van der Waals surface area contributed by atoms with Gasteiger partial charge in [0.2, 0.25) is 0 Å². The van der Waals surface area contributed by atoms with Crippen LogP contribution in [0.1, 0.15) is 32.6 Å². The van der Waals surface area contributed by atoms with Crippen molar-refractivity contribution in [3.63, 3.8) is 0 Å². The summed E-state index contributed by atoms with van der Waals surface area (Å²) in [5.74, 6) is 0.752. The first-order valence-electron chi connectivity index (χ1n) is 5.22. The molecule has 13 heavy (non-hydrogen) atoms. The van der Waals surface area contributed by atoms with E-state index in [-0.39, 0.29) is 5.54 Å². The van der Waals surface area contributed by atoms with E-state index in [0.717, 1.165) is 32.1 Å². The summed E-state index contributed by atoms with van der Waals surface area (Å²) in [6.45, 7) is 4.74. The molecule has 1 rings (SSSR count). The molecule has 1 N–H and O–H groups in total. The molecule has 1 fully saturated rings. The number of alkyl halides is 1. The van der Waals surface area contributed by atoms with E-state index in [0.29, 0.717) is 0 Å². The highest BCUT2D eigenvalue weighted by molar-refractivity contribution is 6.18. The number of nitrogens with one attached hydrogen (secondary N) is 1. The van der Waals surface area contributed by atoms with Gasteiger partial charge >= 0.3 is 0 Å². The van der Waals surface area contributed by atoms with Crippen molar-refractivity contribution >= 4 is 11.6 Å². The van der Waals surface area contributed by atoms with Crippen molar-refractivity contribution in [3.05, 3.63) is 0 Å². The van der Waals surface area contributed by atoms with E-state index < -0.39 is 0 Å². The minimum Gasteiger partial charge on any atom is -0.382 e. The molecular formula is C10H20ClNO. The largest absolute Gasteiger partial charge is 0.382 e. The fraction of sp³-hybridized carbons (Fsp3) is 1.00. The molecule has 1 aliphatic rings. The van der Waals surface area contributed by atoms with E-state index in [4.69, 9.17) is 16.3 Å². The zero-order chi connectivity index (χ0) is 9.57. The van der Waals surface area contributed by atoms with Crippen LogP contribution in [0.2, 0.25) is 0 Å². The molecule has 0 spiro atoms. The molecule has 0 aromatic heterocycles. The summed E-state index contributed by atoms with van der Waals surface area (Å²) in [6, 6.07) is 0. The Bertz CT molecular complexity index is 131. The van der Waals surface area contributed by atoms with Gasteiger partial charge in [0.25, 0.3) is 0 Å². The Labute approximate surface area is 86.0 Å². The Morgan fingerprint density at radius 2 is 2.23 bits per heavy atom. The van der Waals surface area contributed by atoms with Crippen molar-refractivity contribution in [3.8, 4) is 0 Å². The molecule has 0 amide bonds.